The molecule has 0 atom stereocenters. The second kappa shape index (κ2) is 20.0. The molecule has 0 unspecified atom stereocenters. The topological polar surface area (TPSA) is 0 Å². The first-order valence-electron chi connectivity index (χ1n) is 21.9. The molecular weight excluding hydrogens is 816 g/mol. The van der Waals surface area contributed by atoms with Crippen LogP contribution < -0.4 is 10.4 Å². The van der Waals surface area contributed by atoms with Crippen LogP contribution in [0.4, 0.5) is 0 Å². The second-order valence-electron chi connectivity index (χ2n) is 18.3. The predicted molar refractivity (Wildman–Crippen MR) is 260 cm³/mol. The van der Waals surface area contributed by atoms with Gasteiger partial charge in [-0.25, -0.2) is 0 Å². The van der Waals surface area contributed by atoms with Gasteiger partial charge >= 0.3 is 26.2 Å². The standard InChI is InChI=1S/2C23H27.C12H7Si.Zr/c2*1-5-6-10-17-11-7-8-13-20(17)21-14-9-12-18-15-19(16-22(18)21)23(2,3)4;1-3-7-11-9(5-1)10-6-2-4-8-12(10)13-11;/h2*7-9,11-16H,5-6,10H2,1-4H3;1-7H;/q3*-1;+3. The van der Waals surface area contributed by atoms with Crippen LogP contribution in [-0.2, 0) is 49.9 Å². The molecule has 8 aromatic rings. The van der Waals surface area contributed by atoms with Gasteiger partial charge in [0, 0.05) is 0 Å². The molecule has 0 nitrogen and oxygen atoms in total. The Bertz CT molecular complexity index is 2450. The average Bonchev–Trinajstić information content (AvgIpc) is 3.99. The van der Waals surface area contributed by atoms with E-state index >= 15 is 0 Å². The van der Waals surface area contributed by atoms with Crippen LogP contribution in [0.25, 0.3) is 54.9 Å². The molecule has 0 fully saturated rings. The number of aryl methyl sites for hydroxylation is 2. The summed E-state index contributed by atoms with van der Waals surface area (Å²) in [5.41, 5.74) is 14.5. The summed E-state index contributed by atoms with van der Waals surface area (Å²) in [5.74, 6) is 0. The molecule has 60 heavy (non-hydrogen) atoms. The fraction of sp³-hybridized carbons (Fsp3) is 0.276. The third kappa shape index (κ3) is 10.4. The second-order valence-corrected chi connectivity index (χ2v) is 19.5. The third-order valence-corrected chi connectivity index (χ3v) is 13.1. The summed E-state index contributed by atoms with van der Waals surface area (Å²) in [4.78, 5) is 0. The van der Waals surface area contributed by atoms with Crippen LogP contribution in [-0.4, -0.2) is 9.52 Å². The fourth-order valence-electron chi connectivity index (χ4n) is 8.27. The minimum Gasteiger partial charge on any atom is -0.184 e. The molecule has 0 aromatic heterocycles. The summed E-state index contributed by atoms with van der Waals surface area (Å²) in [6.07, 6.45) is 7.31. The monoisotopic (exact) mass is 875 g/mol. The number of benzene rings is 6. The molecule has 301 valence electrons. The molecule has 1 aliphatic rings. The SMILES string of the molecule is CCCCc1ccccc1-c1cccc2[cH-]c(C(C)(C)C)cc12.CCCCc1ccccc1-c1cccc2[cH-]c(C(C)(C)C)cc12.[Zr+3].[c-]1cccc2c1[Si]c1ccccc1-2. The molecule has 0 bridgehead atoms. The predicted octanol–water partition coefficient (Wildman–Crippen LogP) is 14.9. The Morgan fingerprint density at radius 1 is 0.483 bits per heavy atom. The number of unbranched alkanes of at least 4 members (excludes halogenated alkanes) is 2. The average molecular weight is 877 g/mol. The Kier molecular flexibility index (Phi) is 15.1. The minimum atomic E-state index is 0. The summed E-state index contributed by atoms with van der Waals surface area (Å²) in [6, 6.07) is 58.9. The molecular formula is C58H61SiZr. The van der Waals surface area contributed by atoms with Gasteiger partial charge in [0.15, 0.2) is 0 Å². The summed E-state index contributed by atoms with van der Waals surface area (Å²) in [7, 11) is 0.795. The van der Waals surface area contributed by atoms with Crippen molar-refractivity contribution in [2.45, 2.75) is 105 Å². The Morgan fingerprint density at radius 3 is 1.40 bits per heavy atom. The van der Waals surface area contributed by atoms with Gasteiger partial charge in [-0.05, 0) is 58.8 Å². The van der Waals surface area contributed by atoms with Gasteiger partial charge in [0.05, 0.1) is 9.52 Å². The molecule has 0 amide bonds. The smallest absolute Gasteiger partial charge is 0.184 e. The van der Waals surface area contributed by atoms with E-state index < -0.39 is 0 Å². The van der Waals surface area contributed by atoms with Gasteiger partial charge in [-0.15, -0.1) is 74.6 Å². The van der Waals surface area contributed by atoms with E-state index in [2.05, 4.69) is 207 Å². The Balaban J connectivity index is 0.000000155. The van der Waals surface area contributed by atoms with Crippen molar-refractivity contribution in [2.75, 3.05) is 0 Å². The first-order valence-corrected chi connectivity index (χ1v) is 22.9. The van der Waals surface area contributed by atoms with Crippen LogP contribution >= 0.6 is 0 Å². The van der Waals surface area contributed by atoms with Crippen LogP contribution in [0.3, 0.4) is 0 Å². The zero-order chi connectivity index (χ0) is 41.6. The first kappa shape index (κ1) is 45.2. The fourth-order valence-corrected chi connectivity index (χ4v) is 9.58. The van der Waals surface area contributed by atoms with E-state index in [4.69, 9.17) is 0 Å². The number of hydrogen-bond donors (Lipinski definition) is 0. The van der Waals surface area contributed by atoms with Crippen LogP contribution in [0.1, 0.15) is 103 Å². The maximum absolute atomic E-state index is 3.31. The van der Waals surface area contributed by atoms with E-state index in [-0.39, 0.29) is 37.0 Å². The van der Waals surface area contributed by atoms with E-state index in [1.54, 1.807) is 0 Å². The number of hydrogen-bond acceptors (Lipinski definition) is 0. The Labute approximate surface area is 383 Å². The normalized spacial score (nSPS) is 11.9. The van der Waals surface area contributed by atoms with E-state index in [1.807, 2.05) is 6.07 Å². The first-order chi connectivity index (χ1) is 28.5. The van der Waals surface area contributed by atoms with Crippen molar-refractivity contribution in [3.05, 3.63) is 180 Å². The summed E-state index contributed by atoms with van der Waals surface area (Å²) < 4.78 is 0. The van der Waals surface area contributed by atoms with Gasteiger partial charge < -0.3 is 0 Å². The van der Waals surface area contributed by atoms with E-state index in [0.29, 0.717) is 0 Å². The molecule has 0 N–H and O–H groups in total. The van der Waals surface area contributed by atoms with Crippen LogP contribution in [0.15, 0.2) is 152 Å². The minimum absolute atomic E-state index is 0. The number of fused-ring (bicyclic) bond motifs is 5. The van der Waals surface area contributed by atoms with Crippen molar-refractivity contribution in [1.82, 2.24) is 0 Å². The molecule has 1 aliphatic heterocycles. The van der Waals surface area contributed by atoms with Gasteiger partial charge in [0.2, 0.25) is 0 Å². The van der Waals surface area contributed by atoms with Crippen molar-refractivity contribution in [3.8, 4) is 33.4 Å². The summed E-state index contributed by atoms with van der Waals surface area (Å²) in [6.45, 7) is 18.2. The molecule has 2 heteroatoms. The molecule has 0 saturated carbocycles. The van der Waals surface area contributed by atoms with Crippen molar-refractivity contribution >= 4 is 41.4 Å². The van der Waals surface area contributed by atoms with Gasteiger partial charge in [-0.1, -0.05) is 175 Å². The Morgan fingerprint density at radius 2 is 0.917 bits per heavy atom. The van der Waals surface area contributed by atoms with Gasteiger partial charge in [-0.3, -0.25) is 0 Å². The van der Waals surface area contributed by atoms with Crippen molar-refractivity contribution in [3.63, 3.8) is 0 Å². The molecule has 3 radical (unpaired) electrons. The summed E-state index contributed by atoms with van der Waals surface area (Å²) in [5, 5.41) is 8.32. The Hall–Kier alpha value is -4.36. The van der Waals surface area contributed by atoms with Gasteiger partial charge in [0.25, 0.3) is 0 Å². The maximum atomic E-state index is 3.31. The van der Waals surface area contributed by atoms with Crippen molar-refractivity contribution in [1.29, 1.82) is 0 Å². The van der Waals surface area contributed by atoms with Crippen molar-refractivity contribution < 1.29 is 26.2 Å². The molecule has 1 heterocycles. The van der Waals surface area contributed by atoms with Crippen LogP contribution in [0.5, 0.6) is 0 Å². The van der Waals surface area contributed by atoms with E-state index in [9.17, 15) is 0 Å². The zero-order valence-electron chi connectivity index (χ0n) is 37.2. The third-order valence-electron chi connectivity index (χ3n) is 11.8. The molecule has 0 aliphatic carbocycles. The van der Waals surface area contributed by atoms with Gasteiger partial charge in [-0.2, -0.15) is 41.6 Å². The maximum Gasteiger partial charge on any atom is 3.00 e. The number of rotatable bonds is 8. The van der Waals surface area contributed by atoms with Gasteiger partial charge in [0.1, 0.15) is 0 Å². The largest absolute Gasteiger partial charge is 3.00 e. The molecule has 8 aromatic carbocycles. The quantitative estimate of drug-likeness (QED) is 0.105. The van der Waals surface area contributed by atoms with Crippen molar-refractivity contribution in [2.24, 2.45) is 0 Å². The summed E-state index contributed by atoms with van der Waals surface area (Å²) >= 11 is 0. The molecule has 0 saturated heterocycles. The van der Waals surface area contributed by atoms with E-state index in [0.717, 1.165) is 22.4 Å². The van der Waals surface area contributed by atoms with E-state index in [1.165, 1.54) is 113 Å². The van der Waals surface area contributed by atoms with Crippen LogP contribution in [0.2, 0.25) is 0 Å². The van der Waals surface area contributed by atoms with Crippen LogP contribution in [0, 0.1) is 6.07 Å². The molecule has 0 spiro atoms. The zero-order valence-corrected chi connectivity index (χ0v) is 40.6. The molecule has 9 rings (SSSR count).